The molecule has 1 aromatic carbocycles. The summed E-state index contributed by atoms with van der Waals surface area (Å²) in [6.07, 6.45) is 1.46. The number of sulfonamides is 1. The summed E-state index contributed by atoms with van der Waals surface area (Å²) in [5, 5.41) is 0. The van der Waals surface area contributed by atoms with Crippen molar-refractivity contribution in [2.75, 3.05) is 7.05 Å². The fourth-order valence-corrected chi connectivity index (χ4v) is 3.23. The van der Waals surface area contributed by atoms with Gasteiger partial charge in [-0.1, -0.05) is 6.07 Å². The molecule has 0 fully saturated rings. The van der Waals surface area contributed by atoms with Crippen LogP contribution in [0.5, 0.6) is 0 Å². The zero-order chi connectivity index (χ0) is 14.8. The van der Waals surface area contributed by atoms with E-state index >= 15 is 0 Å². The smallest absolute Gasteiger partial charge is 0.243 e. The van der Waals surface area contributed by atoms with E-state index in [2.05, 4.69) is 0 Å². The Bertz CT molecular complexity index is 684. The molecule has 0 spiro atoms. The molecule has 0 radical (unpaired) electrons. The van der Waals surface area contributed by atoms with Crippen molar-refractivity contribution in [3.63, 3.8) is 0 Å². The van der Waals surface area contributed by atoms with Crippen molar-refractivity contribution >= 4 is 10.0 Å². The quantitative estimate of drug-likeness (QED) is 0.911. The minimum absolute atomic E-state index is 0.0150. The van der Waals surface area contributed by atoms with Gasteiger partial charge in [0.1, 0.15) is 11.6 Å². The Morgan fingerprint density at radius 2 is 2.05 bits per heavy atom. The number of nitrogens with two attached hydrogens (primary N) is 1. The first-order valence-corrected chi connectivity index (χ1v) is 7.37. The van der Waals surface area contributed by atoms with Crippen molar-refractivity contribution in [2.45, 2.75) is 18.0 Å². The Morgan fingerprint density at radius 3 is 2.65 bits per heavy atom. The minimum atomic E-state index is -3.83. The zero-order valence-corrected chi connectivity index (χ0v) is 11.7. The van der Waals surface area contributed by atoms with Crippen molar-refractivity contribution < 1.29 is 17.2 Å². The predicted octanol–water partition coefficient (Wildman–Crippen LogP) is 1.70. The van der Waals surface area contributed by atoms with Crippen LogP contribution < -0.4 is 5.73 Å². The molecule has 0 atom stereocenters. The van der Waals surface area contributed by atoms with Gasteiger partial charge >= 0.3 is 0 Å². The van der Waals surface area contributed by atoms with Crippen LogP contribution in [0.15, 0.2) is 45.9 Å². The van der Waals surface area contributed by atoms with Gasteiger partial charge in [-0.2, -0.15) is 4.31 Å². The molecule has 0 aliphatic carbocycles. The van der Waals surface area contributed by atoms with Crippen molar-refractivity contribution in [1.82, 2.24) is 4.31 Å². The number of halogens is 1. The second-order valence-corrected chi connectivity index (χ2v) is 6.27. The normalized spacial score (nSPS) is 12.0. The Balaban J connectivity index is 2.37. The van der Waals surface area contributed by atoms with Gasteiger partial charge in [0.15, 0.2) is 0 Å². The molecule has 0 aliphatic rings. The third-order valence-electron chi connectivity index (χ3n) is 2.93. The van der Waals surface area contributed by atoms with E-state index in [9.17, 15) is 12.8 Å². The summed E-state index contributed by atoms with van der Waals surface area (Å²) in [5.41, 5.74) is 5.43. The lowest BCUT2D eigenvalue weighted by atomic mass is 10.2. The van der Waals surface area contributed by atoms with Crippen LogP contribution in [0.4, 0.5) is 4.39 Å². The van der Waals surface area contributed by atoms with E-state index in [0.717, 1.165) is 4.31 Å². The van der Waals surface area contributed by atoms with E-state index in [1.807, 2.05) is 0 Å². The first-order valence-electron chi connectivity index (χ1n) is 5.93. The standard InChI is InChI=1S/C13H15FN2O3S/c1-16(9-10-4-3-7-19-10)20(17,18)13-6-2-5-12(14)11(13)8-15/h2-7H,8-9,15H2,1H3. The molecular formula is C13H15FN2O3S. The summed E-state index contributed by atoms with van der Waals surface area (Å²) in [4.78, 5) is -0.117. The third-order valence-corrected chi connectivity index (χ3v) is 4.81. The van der Waals surface area contributed by atoms with E-state index in [4.69, 9.17) is 10.2 Å². The summed E-state index contributed by atoms with van der Waals surface area (Å²) in [6.45, 7) is -0.119. The largest absolute Gasteiger partial charge is 0.468 e. The van der Waals surface area contributed by atoms with Gasteiger partial charge in [-0.25, -0.2) is 12.8 Å². The fraction of sp³-hybridized carbons (Fsp3) is 0.231. The summed E-state index contributed by atoms with van der Waals surface area (Å²) in [7, 11) is -2.42. The second kappa shape index (κ2) is 5.74. The topological polar surface area (TPSA) is 76.5 Å². The van der Waals surface area contributed by atoms with Crippen LogP contribution in [0.3, 0.4) is 0 Å². The first-order chi connectivity index (χ1) is 9.46. The molecule has 0 unspecified atom stereocenters. The lowest BCUT2D eigenvalue weighted by molar-refractivity contribution is 0.405. The van der Waals surface area contributed by atoms with E-state index in [-0.39, 0.29) is 23.5 Å². The Morgan fingerprint density at radius 1 is 1.30 bits per heavy atom. The lowest BCUT2D eigenvalue weighted by Crippen LogP contribution is -2.28. The van der Waals surface area contributed by atoms with Gasteiger partial charge < -0.3 is 10.2 Å². The molecule has 0 saturated heterocycles. The number of benzene rings is 1. The van der Waals surface area contributed by atoms with Gasteiger partial charge in [-0.3, -0.25) is 0 Å². The van der Waals surface area contributed by atoms with Crippen LogP contribution in [0.25, 0.3) is 0 Å². The van der Waals surface area contributed by atoms with Crippen LogP contribution in [0, 0.1) is 5.82 Å². The highest BCUT2D eigenvalue weighted by Crippen LogP contribution is 2.22. The highest BCUT2D eigenvalue weighted by molar-refractivity contribution is 7.89. The van der Waals surface area contributed by atoms with Gasteiger partial charge in [0.25, 0.3) is 0 Å². The molecule has 2 aromatic rings. The third kappa shape index (κ3) is 2.74. The summed E-state index contributed by atoms with van der Waals surface area (Å²) in [6, 6.07) is 7.22. The zero-order valence-electron chi connectivity index (χ0n) is 10.9. The van der Waals surface area contributed by atoms with Crippen LogP contribution >= 0.6 is 0 Å². The van der Waals surface area contributed by atoms with Crippen molar-refractivity contribution in [3.8, 4) is 0 Å². The van der Waals surface area contributed by atoms with Crippen LogP contribution in [-0.4, -0.2) is 19.8 Å². The van der Waals surface area contributed by atoms with E-state index < -0.39 is 15.8 Å². The van der Waals surface area contributed by atoms with Gasteiger partial charge in [0, 0.05) is 19.2 Å². The molecule has 108 valence electrons. The maximum Gasteiger partial charge on any atom is 0.243 e. The molecule has 7 heteroatoms. The predicted molar refractivity (Wildman–Crippen MR) is 71.7 cm³/mol. The average molecular weight is 298 g/mol. The Labute approximate surface area is 116 Å². The highest BCUT2D eigenvalue weighted by Gasteiger charge is 2.25. The second-order valence-electron chi connectivity index (χ2n) is 4.26. The van der Waals surface area contributed by atoms with Crippen LogP contribution in [-0.2, 0) is 23.1 Å². The minimum Gasteiger partial charge on any atom is -0.468 e. The number of hydrogen-bond donors (Lipinski definition) is 1. The summed E-state index contributed by atoms with van der Waals surface area (Å²) < 4.78 is 44.8. The van der Waals surface area contributed by atoms with Gasteiger partial charge in [-0.05, 0) is 24.3 Å². The lowest BCUT2D eigenvalue weighted by Gasteiger charge is -2.18. The van der Waals surface area contributed by atoms with E-state index in [0.29, 0.717) is 5.76 Å². The van der Waals surface area contributed by atoms with Crippen molar-refractivity contribution in [3.05, 3.63) is 53.7 Å². The van der Waals surface area contributed by atoms with Crippen molar-refractivity contribution in [2.24, 2.45) is 5.73 Å². The van der Waals surface area contributed by atoms with Crippen LogP contribution in [0.1, 0.15) is 11.3 Å². The molecule has 2 N–H and O–H groups in total. The average Bonchev–Trinajstić information content (AvgIpc) is 2.91. The molecule has 1 heterocycles. The molecular weight excluding hydrogens is 283 g/mol. The SMILES string of the molecule is CN(Cc1ccco1)S(=O)(=O)c1cccc(F)c1CN. The monoisotopic (exact) mass is 298 g/mol. The molecule has 1 aromatic heterocycles. The number of hydrogen-bond acceptors (Lipinski definition) is 4. The molecule has 2 rings (SSSR count). The Kier molecular flexibility index (Phi) is 4.22. The van der Waals surface area contributed by atoms with Gasteiger partial charge in [0.05, 0.1) is 17.7 Å². The van der Waals surface area contributed by atoms with E-state index in [1.165, 1.54) is 31.5 Å². The first kappa shape index (κ1) is 14.7. The number of nitrogens with zero attached hydrogens (tertiary/aromatic N) is 1. The number of furan rings is 1. The molecule has 0 aliphatic heterocycles. The molecule has 5 nitrogen and oxygen atoms in total. The molecule has 0 saturated carbocycles. The van der Waals surface area contributed by atoms with Crippen molar-refractivity contribution in [1.29, 1.82) is 0 Å². The maximum atomic E-state index is 13.6. The summed E-state index contributed by atoms with van der Waals surface area (Å²) >= 11 is 0. The molecule has 0 bridgehead atoms. The van der Waals surface area contributed by atoms with Crippen LogP contribution in [0.2, 0.25) is 0 Å². The highest BCUT2D eigenvalue weighted by atomic mass is 32.2. The fourth-order valence-electron chi connectivity index (χ4n) is 1.85. The summed E-state index contributed by atoms with van der Waals surface area (Å²) in [5.74, 6) is -0.123. The van der Waals surface area contributed by atoms with E-state index in [1.54, 1.807) is 12.1 Å². The molecule has 0 amide bonds. The van der Waals surface area contributed by atoms with Gasteiger partial charge in [0.2, 0.25) is 10.0 Å². The number of rotatable bonds is 5. The Hall–Kier alpha value is -1.70. The maximum absolute atomic E-state index is 13.6. The molecule has 20 heavy (non-hydrogen) atoms. The van der Waals surface area contributed by atoms with Gasteiger partial charge in [-0.15, -0.1) is 0 Å².